The summed E-state index contributed by atoms with van der Waals surface area (Å²) in [5, 5.41) is 6.09. The van der Waals surface area contributed by atoms with Gasteiger partial charge in [-0.1, -0.05) is 36.4 Å². The summed E-state index contributed by atoms with van der Waals surface area (Å²) in [5.74, 6) is 0. The van der Waals surface area contributed by atoms with Crippen LogP contribution in [0.25, 0.3) is 0 Å². The average Bonchev–Trinajstić information content (AvgIpc) is 2.55. The van der Waals surface area contributed by atoms with Crippen LogP contribution in [0, 0.1) is 0 Å². The molecule has 1 unspecified atom stereocenters. The lowest BCUT2D eigenvalue weighted by Crippen LogP contribution is -2.34. The van der Waals surface area contributed by atoms with Crippen molar-refractivity contribution < 1.29 is 4.79 Å². The van der Waals surface area contributed by atoms with Crippen molar-refractivity contribution in [2.24, 2.45) is 0 Å². The number of amides is 2. The summed E-state index contributed by atoms with van der Waals surface area (Å²) in [4.78, 5) is 14.5. The number of carbonyl (C=O) groups is 1. The first-order valence-electron chi connectivity index (χ1n) is 8.51. The second-order valence-electron chi connectivity index (χ2n) is 6.68. The van der Waals surface area contributed by atoms with Gasteiger partial charge in [0.05, 0.1) is 6.04 Å². The van der Waals surface area contributed by atoms with Gasteiger partial charge in [0, 0.05) is 12.2 Å². The molecule has 0 fully saturated rings. The van der Waals surface area contributed by atoms with E-state index in [4.69, 9.17) is 0 Å². The Labute approximate surface area is 143 Å². The summed E-state index contributed by atoms with van der Waals surface area (Å²) >= 11 is 0. The maximum absolute atomic E-state index is 12.4. The lowest BCUT2D eigenvalue weighted by Gasteiger charge is -2.26. The highest BCUT2D eigenvalue weighted by Gasteiger charge is 2.21. The van der Waals surface area contributed by atoms with E-state index in [2.05, 4.69) is 39.8 Å². The number of rotatable bonds is 4. The van der Waals surface area contributed by atoms with Crippen molar-refractivity contribution in [2.45, 2.75) is 31.8 Å². The zero-order valence-electron chi connectivity index (χ0n) is 14.4. The van der Waals surface area contributed by atoms with E-state index in [9.17, 15) is 4.79 Å². The molecule has 2 amide bonds. The van der Waals surface area contributed by atoms with Gasteiger partial charge in [0.2, 0.25) is 0 Å². The van der Waals surface area contributed by atoms with Crippen LogP contribution in [-0.4, -0.2) is 25.0 Å². The number of anilines is 1. The van der Waals surface area contributed by atoms with Crippen LogP contribution in [0.5, 0.6) is 0 Å². The summed E-state index contributed by atoms with van der Waals surface area (Å²) in [6.45, 7) is 0.854. The Morgan fingerprint density at radius 2 is 2.00 bits per heavy atom. The summed E-state index contributed by atoms with van der Waals surface area (Å²) in [6, 6.07) is 16.3. The molecule has 0 radical (unpaired) electrons. The molecule has 0 aromatic heterocycles. The van der Waals surface area contributed by atoms with Crippen molar-refractivity contribution in [3.63, 3.8) is 0 Å². The van der Waals surface area contributed by atoms with E-state index in [0.717, 1.165) is 31.5 Å². The Morgan fingerprint density at radius 3 is 2.83 bits per heavy atom. The molecule has 0 spiro atoms. The number of carbonyl (C=O) groups excluding carboxylic acids is 1. The predicted octanol–water partition coefficient (Wildman–Crippen LogP) is 3.95. The molecule has 126 valence electrons. The minimum absolute atomic E-state index is 0.0971. The van der Waals surface area contributed by atoms with Crippen molar-refractivity contribution >= 4 is 11.7 Å². The third kappa shape index (κ3) is 4.15. The van der Waals surface area contributed by atoms with Crippen molar-refractivity contribution in [1.82, 2.24) is 10.2 Å². The van der Waals surface area contributed by atoms with E-state index >= 15 is 0 Å². The van der Waals surface area contributed by atoms with Gasteiger partial charge in [0.25, 0.3) is 0 Å². The average molecular weight is 323 g/mol. The first kappa shape index (κ1) is 16.5. The maximum atomic E-state index is 12.4. The van der Waals surface area contributed by atoms with E-state index < -0.39 is 0 Å². The molecule has 1 aliphatic carbocycles. The van der Waals surface area contributed by atoms with Gasteiger partial charge in [-0.15, -0.1) is 0 Å². The molecule has 0 saturated carbocycles. The van der Waals surface area contributed by atoms with Gasteiger partial charge in [-0.2, -0.15) is 0 Å². The Hall–Kier alpha value is -2.33. The van der Waals surface area contributed by atoms with Gasteiger partial charge in [-0.05, 0) is 62.2 Å². The first-order chi connectivity index (χ1) is 11.6. The second-order valence-corrected chi connectivity index (χ2v) is 6.68. The van der Waals surface area contributed by atoms with Crippen molar-refractivity contribution in [2.75, 3.05) is 19.4 Å². The number of nitrogens with one attached hydrogen (secondary N) is 2. The quantitative estimate of drug-likeness (QED) is 0.895. The maximum Gasteiger partial charge on any atom is 0.319 e. The van der Waals surface area contributed by atoms with Crippen LogP contribution >= 0.6 is 0 Å². The smallest absolute Gasteiger partial charge is 0.319 e. The summed E-state index contributed by atoms with van der Waals surface area (Å²) in [7, 11) is 4.07. The second kappa shape index (κ2) is 7.49. The molecular weight excluding hydrogens is 298 g/mol. The van der Waals surface area contributed by atoms with Gasteiger partial charge >= 0.3 is 6.03 Å². The topological polar surface area (TPSA) is 44.4 Å². The number of hydrogen-bond acceptors (Lipinski definition) is 2. The van der Waals surface area contributed by atoms with Gasteiger partial charge in [-0.3, -0.25) is 0 Å². The molecular formula is C20H25N3O. The molecule has 2 N–H and O–H groups in total. The Kier molecular flexibility index (Phi) is 5.16. The van der Waals surface area contributed by atoms with Gasteiger partial charge in [0.15, 0.2) is 0 Å². The van der Waals surface area contributed by atoms with E-state index in [0.29, 0.717) is 0 Å². The molecule has 2 aromatic rings. The third-order valence-electron chi connectivity index (χ3n) is 4.36. The van der Waals surface area contributed by atoms with E-state index in [1.165, 1.54) is 16.7 Å². The fraction of sp³-hybridized carbons (Fsp3) is 0.350. The fourth-order valence-electron chi connectivity index (χ4n) is 3.34. The van der Waals surface area contributed by atoms with Crippen molar-refractivity contribution in [3.8, 4) is 0 Å². The molecule has 0 bridgehead atoms. The number of urea groups is 1. The summed E-state index contributed by atoms with van der Waals surface area (Å²) in [6.07, 6.45) is 3.20. The lowest BCUT2D eigenvalue weighted by molar-refractivity contribution is 0.247. The number of hydrogen-bond donors (Lipinski definition) is 2. The molecule has 0 heterocycles. The van der Waals surface area contributed by atoms with Gasteiger partial charge in [0.1, 0.15) is 0 Å². The largest absolute Gasteiger partial charge is 0.331 e. The highest BCUT2D eigenvalue weighted by atomic mass is 16.2. The minimum atomic E-state index is -0.140. The predicted molar refractivity (Wildman–Crippen MR) is 98.1 cm³/mol. The van der Waals surface area contributed by atoms with Crippen LogP contribution in [-0.2, 0) is 13.0 Å². The van der Waals surface area contributed by atoms with Crippen LogP contribution in [0.15, 0.2) is 48.5 Å². The van der Waals surface area contributed by atoms with E-state index in [1.54, 1.807) is 0 Å². The Balaban J connectivity index is 1.64. The SMILES string of the molecule is CN(C)Cc1cccc(NC(=O)NC2CCCc3ccccc32)c1. The normalized spacial score (nSPS) is 16.5. The van der Waals surface area contributed by atoms with Crippen molar-refractivity contribution in [3.05, 3.63) is 65.2 Å². The minimum Gasteiger partial charge on any atom is -0.331 e. The zero-order valence-corrected chi connectivity index (χ0v) is 14.4. The van der Waals surface area contributed by atoms with Crippen molar-refractivity contribution in [1.29, 1.82) is 0 Å². The van der Waals surface area contributed by atoms with Crippen LogP contribution in [0.3, 0.4) is 0 Å². The Morgan fingerprint density at radius 1 is 1.17 bits per heavy atom. The highest BCUT2D eigenvalue weighted by molar-refractivity contribution is 5.89. The third-order valence-corrected chi connectivity index (χ3v) is 4.36. The molecule has 1 aliphatic rings. The number of aryl methyl sites for hydroxylation is 1. The molecule has 0 saturated heterocycles. The standard InChI is InChI=1S/C20H25N3O/c1-23(2)14-15-7-5-10-17(13-15)21-20(24)22-19-12-6-9-16-8-3-4-11-18(16)19/h3-5,7-8,10-11,13,19H,6,9,12,14H2,1-2H3,(H2,21,22,24). The van der Waals surface area contributed by atoms with E-state index in [-0.39, 0.29) is 12.1 Å². The number of nitrogens with zero attached hydrogens (tertiary/aromatic N) is 1. The molecule has 2 aromatic carbocycles. The van der Waals surface area contributed by atoms with Crippen LogP contribution in [0.1, 0.15) is 35.6 Å². The molecule has 1 atom stereocenters. The molecule has 3 rings (SSSR count). The summed E-state index contributed by atoms with van der Waals surface area (Å²) < 4.78 is 0. The number of fused-ring (bicyclic) bond motifs is 1. The van der Waals surface area contributed by atoms with Crippen LogP contribution in [0.4, 0.5) is 10.5 Å². The number of benzene rings is 2. The van der Waals surface area contributed by atoms with Gasteiger partial charge < -0.3 is 15.5 Å². The lowest BCUT2D eigenvalue weighted by atomic mass is 9.88. The molecule has 24 heavy (non-hydrogen) atoms. The van der Waals surface area contributed by atoms with E-state index in [1.807, 2.05) is 38.4 Å². The van der Waals surface area contributed by atoms with Gasteiger partial charge in [-0.25, -0.2) is 4.79 Å². The molecule has 4 heteroatoms. The monoisotopic (exact) mass is 323 g/mol. The Bertz CT molecular complexity index is 712. The fourth-order valence-corrected chi connectivity index (χ4v) is 3.34. The first-order valence-corrected chi connectivity index (χ1v) is 8.51. The highest BCUT2D eigenvalue weighted by Crippen LogP contribution is 2.29. The molecule has 4 nitrogen and oxygen atoms in total. The van der Waals surface area contributed by atoms with Crippen LogP contribution < -0.4 is 10.6 Å². The van der Waals surface area contributed by atoms with Crippen LogP contribution in [0.2, 0.25) is 0 Å². The molecule has 0 aliphatic heterocycles. The summed E-state index contributed by atoms with van der Waals surface area (Å²) in [5.41, 5.74) is 4.61. The zero-order chi connectivity index (χ0) is 16.9.